The topological polar surface area (TPSA) is 86.7 Å². The zero-order valence-electron chi connectivity index (χ0n) is 18.5. The maximum absolute atomic E-state index is 15.0. The Morgan fingerprint density at radius 2 is 1.79 bits per heavy atom. The van der Waals surface area contributed by atoms with Gasteiger partial charge in [-0.25, -0.2) is 21.6 Å². The zero-order chi connectivity index (χ0) is 25.0. The fraction of sp³-hybridized carbons (Fsp3) is 0.435. The predicted octanol–water partition coefficient (Wildman–Crippen LogP) is 4.20. The quantitative estimate of drug-likeness (QED) is 0.548. The van der Waals surface area contributed by atoms with Crippen LogP contribution in [0.25, 0.3) is 0 Å². The van der Waals surface area contributed by atoms with E-state index in [4.69, 9.17) is 16.7 Å². The Hall–Kier alpha value is -2.14. The van der Waals surface area contributed by atoms with E-state index in [9.17, 15) is 26.4 Å². The van der Waals surface area contributed by atoms with Crippen LogP contribution in [-0.2, 0) is 16.6 Å². The molecule has 0 heterocycles. The van der Waals surface area contributed by atoms with Crippen LogP contribution in [0.2, 0.25) is 5.02 Å². The number of carbonyl (C=O) groups is 1. The first-order valence-electron chi connectivity index (χ1n) is 10.9. The molecule has 1 aliphatic rings. The number of sulfonamides is 1. The van der Waals surface area contributed by atoms with E-state index in [1.807, 2.05) is 0 Å². The zero-order valence-corrected chi connectivity index (χ0v) is 20.1. The first-order chi connectivity index (χ1) is 16.1. The molecule has 1 fully saturated rings. The van der Waals surface area contributed by atoms with Crippen LogP contribution in [0, 0.1) is 11.6 Å². The van der Waals surface area contributed by atoms with Crippen LogP contribution < -0.4 is 5.32 Å². The van der Waals surface area contributed by atoms with Gasteiger partial charge in [0.2, 0.25) is 10.0 Å². The molecule has 11 heteroatoms. The molecular formula is C23H26ClF3N2O4S. The van der Waals surface area contributed by atoms with Crippen LogP contribution in [0.3, 0.4) is 0 Å². The number of halogens is 4. The number of carbonyl (C=O) groups excluding carboxylic acids is 1. The Kier molecular flexibility index (Phi) is 8.62. The molecule has 0 bridgehead atoms. The second-order valence-electron chi connectivity index (χ2n) is 8.33. The third-order valence-corrected chi connectivity index (χ3v) is 7.96. The first kappa shape index (κ1) is 26.5. The Balaban J connectivity index is 1.99. The Morgan fingerprint density at radius 3 is 2.41 bits per heavy atom. The summed E-state index contributed by atoms with van der Waals surface area (Å²) in [4.78, 5) is 12.0. The lowest BCUT2D eigenvalue weighted by Gasteiger charge is -2.35. The fourth-order valence-corrected chi connectivity index (χ4v) is 5.69. The van der Waals surface area contributed by atoms with E-state index in [0.717, 1.165) is 16.4 Å². The van der Waals surface area contributed by atoms with Gasteiger partial charge in [-0.1, -0.05) is 30.5 Å². The molecular weight excluding hydrogens is 493 g/mol. The molecule has 3 atom stereocenters. The van der Waals surface area contributed by atoms with Crippen molar-refractivity contribution in [3.63, 3.8) is 0 Å². The summed E-state index contributed by atoms with van der Waals surface area (Å²) in [6.07, 6.45) is 0.129. The molecule has 2 N–H and O–H groups in total. The second kappa shape index (κ2) is 11.1. The number of aliphatic hydroxyl groups excluding tert-OH is 1. The Labute approximate surface area is 201 Å². The lowest BCUT2D eigenvalue weighted by atomic mass is 9.93. The van der Waals surface area contributed by atoms with Crippen LogP contribution in [0.4, 0.5) is 13.2 Å². The third-order valence-electron chi connectivity index (χ3n) is 5.82. The van der Waals surface area contributed by atoms with Crippen molar-refractivity contribution in [2.45, 2.75) is 62.3 Å². The van der Waals surface area contributed by atoms with E-state index in [2.05, 4.69) is 5.32 Å². The molecule has 1 aliphatic carbocycles. The molecule has 0 radical (unpaired) electrons. The van der Waals surface area contributed by atoms with Crippen molar-refractivity contribution in [1.29, 1.82) is 0 Å². The van der Waals surface area contributed by atoms with Gasteiger partial charge in [0.1, 0.15) is 6.17 Å². The van der Waals surface area contributed by atoms with Crippen molar-refractivity contribution in [2.24, 2.45) is 0 Å². The second-order valence-corrected chi connectivity index (χ2v) is 10.7. The van der Waals surface area contributed by atoms with Gasteiger partial charge in [-0.05, 0) is 50.1 Å². The maximum atomic E-state index is 15.0. The Morgan fingerprint density at radius 1 is 1.15 bits per heavy atom. The number of aliphatic hydroxyl groups is 1. The molecule has 0 saturated heterocycles. The standard InChI is InChI=1S/C23H26ClF3N2O4S/c1-14(13-30)28-23(31)18-11-6-15(21(26)22(18)27)12-29(20-5-3-2-4-19(20)25)34(32,33)17-9-7-16(24)8-10-17/h6-11,14,19-20,30H,2-5,12-13H2,1H3,(H,28,31). The largest absolute Gasteiger partial charge is 0.394 e. The van der Waals surface area contributed by atoms with Gasteiger partial charge in [-0.2, -0.15) is 4.31 Å². The van der Waals surface area contributed by atoms with Crippen LogP contribution in [0.1, 0.15) is 48.5 Å². The molecule has 0 spiro atoms. The molecule has 0 aliphatic heterocycles. The van der Waals surface area contributed by atoms with Crippen molar-refractivity contribution in [1.82, 2.24) is 9.62 Å². The van der Waals surface area contributed by atoms with Crippen molar-refractivity contribution in [3.05, 3.63) is 64.2 Å². The summed E-state index contributed by atoms with van der Waals surface area (Å²) >= 11 is 5.86. The lowest BCUT2D eigenvalue weighted by molar-refractivity contribution is 0.0917. The van der Waals surface area contributed by atoms with Crippen LogP contribution >= 0.6 is 11.6 Å². The van der Waals surface area contributed by atoms with E-state index in [-0.39, 0.29) is 23.3 Å². The SMILES string of the molecule is CC(CO)NC(=O)c1ccc(CN(C2CCCCC2F)S(=O)(=O)c2ccc(Cl)cc2)c(F)c1F. The average molecular weight is 519 g/mol. The lowest BCUT2D eigenvalue weighted by Crippen LogP contribution is -2.46. The Bertz CT molecular complexity index is 1130. The summed E-state index contributed by atoms with van der Waals surface area (Å²) in [6.45, 7) is 0.475. The summed E-state index contributed by atoms with van der Waals surface area (Å²) < 4.78 is 72.3. The first-order valence-corrected chi connectivity index (χ1v) is 12.7. The number of benzene rings is 2. The number of nitrogens with one attached hydrogen (secondary N) is 1. The van der Waals surface area contributed by atoms with Crippen molar-refractivity contribution < 1.29 is 31.5 Å². The molecule has 1 amide bonds. The number of hydrogen-bond acceptors (Lipinski definition) is 4. The molecule has 0 aromatic heterocycles. The van der Waals surface area contributed by atoms with Gasteiger partial charge in [0.05, 0.1) is 23.1 Å². The van der Waals surface area contributed by atoms with E-state index in [0.29, 0.717) is 17.9 Å². The van der Waals surface area contributed by atoms with Crippen LogP contribution in [0.15, 0.2) is 41.3 Å². The number of nitrogens with zero attached hydrogens (tertiary/aromatic N) is 1. The van der Waals surface area contributed by atoms with E-state index in [1.54, 1.807) is 0 Å². The molecule has 1 saturated carbocycles. The number of alkyl halides is 1. The van der Waals surface area contributed by atoms with Gasteiger partial charge in [0.25, 0.3) is 5.91 Å². The highest BCUT2D eigenvalue weighted by molar-refractivity contribution is 7.89. The maximum Gasteiger partial charge on any atom is 0.254 e. The highest BCUT2D eigenvalue weighted by atomic mass is 35.5. The molecule has 2 aromatic carbocycles. The number of rotatable bonds is 8. The monoisotopic (exact) mass is 518 g/mol. The van der Waals surface area contributed by atoms with E-state index < -0.39 is 64.5 Å². The van der Waals surface area contributed by atoms with Crippen LogP contribution in [-0.4, -0.2) is 48.6 Å². The smallest absolute Gasteiger partial charge is 0.254 e. The summed E-state index contributed by atoms with van der Waals surface area (Å²) in [7, 11) is -4.29. The van der Waals surface area contributed by atoms with Gasteiger partial charge in [0.15, 0.2) is 11.6 Å². The third kappa shape index (κ3) is 5.73. The summed E-state index contributed by atoms with van der Waals surface area (Å²) in [5.74, 6) is -3.78. The van der Waals surface area contributed by atoms with E-state index in [1.165, 1.54) is 31.2 Å². The fourth-order valence-electron chi connectivity index (χ4n) is 3.91. The summed E-state index contributed by atoms with van der Waals surface area (Å²) in [6, 6.07) is 5.71. The van der Waals surface area contributed by atoms with Gasteiger partial charge >= 0.3 is 0 Å². The normalized spacial score (nSPS) is 19.7. The highest BCUT2D eigenvalue weighted by Crippen LogP contribution is 2.32. The predicted molar refractivity (Wildman–Crippen MR) is 122 cm³/mol. The van der Waals surface area contributed by atoms with Gasteiger partial charge in [0, 0.05) is 23.2 Å². The minimum absolute atomic E-state index is 0.149. The van der Waals surface area contributed by atoms with Crippen molar-refractivity contribution >= 4 is 27.5 Å². The van der Waals surface area contributed by atoms with Gasteiger partial charge in [-0.15, -0.1) is 0 Å². The molecule has 34 heavy (non-hydrogen) atoms. The molecule has 6 nitrogen and oxygen atoms in total. The molecule has 3 unspecified atom stereocenters. The molecule has 186 valence electrons. The minimum atomic E-state index is -4.29. The van der Waals surface area contributed by atoms with Crippen molar-refractivity contribution in [2.75, 3.05) is 6.61 Å². The highest BCUT2D eigenvalue weighted by Gasteiger charge is 2.38. The molecule has 3 rings (SSSR count). The number of amides is 1. The van der Waals surface area contributed by atoms with Gasteiger partial charge < -0.3 is 10.4 Å². The average Bonchev–Trinajstić information content (AvgIpc) is 2.80. The summed E-state index contributed by atoms with van der Waals surface area (Å²) in [5.41, 5.74) is -0.922. The number of hydrogen-bond donors (Lipinski definition) is 2. The molecule has 2 aromatic rings. The minimum Gasteiger partial charge on any atom is -0.394 e. The van der Waals surface area contributed by atoms with Crippen LogP contribution in [0.5, 0.6) is 0 Å². The van der Waals surface area contributed by atoms with E-state index >= 15 is 0 Å². The van der Waals surface area contributed by atoms with Crippen molar-refractivity contribution in [3.8, 4) is 0 Å². The summed E-state index contributed by atoms with van der Waals surface area (Å²) in [5, 5.41) is 11.7. The van der Waals surface area contributed by atoms with Gasteiger partial charge in [-0.3, -0.25) is 4.79 Å².